The smallest absolute Gasteiger partial charge is 0.315 e. The van der Waals surface area contributed by atoms with Crippen LogP contribution in [0, 0.1) is 11.8 Å². The van der Waals surface area contributed by atoms with E-state index < -0.39 is 0 Å². The molecule has 5 nitrogen and oxygen atoms in total. The molecule has 5 heteroatoms. The number of piperidine rings is 3. The van der Waals surface area contributed by atoms with Gasteiger partial charge < -0.3 is 15.5 Å². The maximum Gasteiger partial charge on any atom is 0.315 e. The second kappa shape index (κ2) is 7.97. The molecule has 0 spiro atoms. The van der Waals surface area contributed by atoms with Gasteiger partial charge in [-0.05, 0) is 52.1 Å². The van der Waals surface area contributed by atoms with Gasteiger partial charge in [0.2, 0.25) is 0 Å². The van der Waals surface area contributed by atoms with E-state index >= 15 is 0 Å². The predicted molar refractivity (Wildman–Crippen MR) is 90.9 cm³/mol. The molecule has 4 atom stereocenters. The van der Waals surface area contributed by atoms with E-state index in [9.17, 15) is 4.79 Å². The third kappa shape index (κ3) is 4.71. The summed E-state index contributed by atoms with van der Waals surface area (Å²) in [5.41, 5.74) is 0. The lowest BCUT2D eigenvalue weighted by molar-refractivity contribution is -0.00722. The van der Waals surface area contributed by atoms with Gasteiger partial charge in [-0.15, -0.1) is 6.58 Å². The third-order valence-electron chi connectivity index (χ3n) is 4.92. The molecule has 3 aliphatic heterocycles. The molecule has 0 radical (unpaired) electrons. The van der Waals surface area contributed by atoms with Crippen LogP contribution in [0.2, 0.25) is 0 Å². The monoisotopic (exact) mass is 308 g/mol. The van der Waals surface area contributed by atoms with E-state index in [-0.39, 0.29) is 12.1 Å². The highest BCUT2D eigenvalue weighted by molar-refractivity contribution is 5.74. The van der Waals surface area contributed by atoms with E-state index in [1.165, 1.54) is 25.9 Å². The summed E-state index contributed by atoms with van der Waals surface area (Å²) in [7, 11) is 2.18. The number of likely N-dealkylation sites (N-methyl/N-ethyl adjacent to an activating group) is 1. The van der Waals surface area contributed by atoms with E-state index in [0.717, 1.165) is 31.5 Å². The zero-order valence-electron chi connectivity index (χ0n) is 14.3. The highest BCUT2D eigenvalue weighted by Gasteiger charge is 2.40. The molecule has 0 aliphatic carbocycles. The molecule has 2 N–H and O–H groups in total. The first-order valence-electron chi connectivity index (χ1n) is 8.57. The lowest BCUT2D eigenvalue weighted by atomic mass is 9.75. The average molecular weight is 308 g/mol. The molecule has 3 heterocycles. The summed E-state index contributed by atoms with van der Waals surface area (Å²) in [5, 5.41) is 5.92. The van der Waals surface area contributed by atoms with Gasteiger partial charge >= 0.3 is 6.03 Å². The number of urea groups is 1. The number of rotatable bonds is 7. The fourth-order valence-electron chi connectivity index (χ4n) is 3.89. The van der Waals surface area contributed by atoms with Gasteiger partial charge in [-0.2, -0.15) is 0 Å². The molecule has 0 saturated carbocycles. The van der Waals surface area contributed by atoms with Crippen molar-refractivity contribution in [3.63, 3.8) is 0 Å². The molecule has 0 aromatic heterocycles. The standard InChI is InChI=1S/C17H32N4O/c1-5-7-20(4)11-15-12-21-8-6-14(15)9-16(21)10-18-17(22)19-13(2)3/h5,13-16H,1,6-12H2,2-4H3,(H2,18,19,22). The largest absolute Gasteiger partial charge is 0.337 e. The van der Waals surface area contributed by atoms with Gasteiger partial charge in [0, 0.05) is 38.3 Å². The number of carbonyl (C=O) groups excluding carboxylic acids is 1. The molecule has 2 bridgehead atoms. The number of fused-ring (bicyclic) bond motifs is 3. The summed E-state index contributed by atoms with van der Waals surface area (Å²) in [4.78, 5) is 16.7. The molecular weight excluding hydrogens is 276 g/mol. The maximum absolute atomic E-state index is 11.7. The van der Waals surface area contributed by atoms with Gasteiger partial charge in [-0.3, -0.25) is 4.90 Å². The van der Waals surface area contributed by atoms with Crippen LogP contribution in [-0.4, -0.2) is 67.7 Å². The van der Waals surface area contributed by atoms with Crippen molar-refractivity contribution in [1.82, 2.24) is 20.4 Å². The molecule has 2 amide bonds. The van der Waals surface area contributed by atoms with Gasteiger partial charge in [-0.25, -0.2) is 4.79 Å². The highest BCUT2D eigenvalue weighted by Crippen LogP contribution is 2.36. The van der Waals surface area contributed by atoms with Crippen LogP contribution in [0.1, 0.15) is 26.7 Å². The zero-order chi connectivity index (χ0) is 16.1. The Morgan fingerprint density at radius 3 is 2.86 bits per heavy atom. The van der Waals surface area contributed by atoms with Gasteiger partial charge in [0.25, 0.3) is 0 Å². The third-order valence-corrected chi connectivity index (χ3v) is 4.92. The first-order valence-corrected chi connectivity index (χ1v) is 8.57. The maximum atomic E-state index is 11.7. The van der Waals surface area contributed by atoms with Crippen LogP contribution in [0.3, 0.4) is 0 Å². The van der Waals surface area contributed by atoms with Crippen LogP contribution in [0.25, 0.3) is 0 Å². The summed E-state index contributed by atoms with van der Waals surface area (Å²) < 4.78 is 0. The van der Waals surface area contributed by atoms with E-state index in [0.29, 0.717) is 6.04 Å². The number of carbonyl (C=O) groups is 1. The molecule has 0 aromatic carbocycles. The second-order valence-electron chi connectivity index (χ2n) is 7.21. The lowest BCUT2D eigenvalue weighted by Crippen LogP contribution is -2.58. The van der Waals surface area contributed by atoms with Crippen molar-refractivity contribution in [1.29, 1.82) is 0 Å². The molecule has 3 aliphatic rings. The Morgan fingerprint density at radius 1 is 1.50 bits per heavy atom. The minimum Gasteiger partial charge on any atom is -0.337 e. The van der Waals surface area contributed by atoms with E-state index in [4.69, 9.17) is 0 Å². The van der Waals surface area contributed by atoms with Crippen molar-refractivity contribution >= 4 is 6.03 Å². The Hall–Kier alpha value is -1.07. The molecule has 3 saturated heterocycles. The molecule has 3 rings (SSSR count). The number of nitrogens with one attached hydrogen (secondary N) is 2. The molecular formula is C17H32N4O. The zero-order valence-corrected chi connectivity index (χ0v) is 14.3. The van der Waals surface area contributed by atoms with Crippen molar-refractivity contribution in [3.05, 3.63) is 12.7 Å². The topological polar surface area (TPSA) is 47.6 Å². The van der Waals surface area contributed by atoms with Crippen molar-refractivity contribution < 1.29 is 4.79 Å². The normalized spacial score (nSPS) is 30.6. The molecule has 0 aromatic rings. The number of nitrogens with zero attached hydrogens (tertiary/aromatic N) is 2. The Kier molecular flexibility index (Phi) is 6.26. The fourth-order valence-corrected chi connectivity index (χ4v) is 3.89. The Balaban J connectivity index is 1.77. The number of hydrogen-bond donors (Lipinski definition) is 2. The Bertz CT molecular complexity index is 385. The lowest BCUT2D eigenvalue weighted by Gasteiger charge is -2.50. The van der Waals surface area contributed by atoms with Gasteiger partial charge in [0.15, 0.2) is 0 Å². The summed E-state index contributed by atoms with van der Waals surface area (Å²) in [5.74, 6) is 1.57. The summed E-state index contributed by atoms with van der Waals surface area (Å²) in [6, 6.07) is 0.658. The molecule has 3 fully saturated rings. The number of hydrogen-bond acceptors (Lipinski definition) is 3. The van der Waals surface area contributed by atoms with Gasteiger partial charge in [-0.1, -0.05) is 6.08 Å². The first kappa shape index (κ1) is 17.3. The first-order chi connectivity index (χ1) is 10.5. The Labute approximate surface area is 135 Å². The minimum absolute atomic E-state index is 0.0417. The van der Waals surface area contributed by atoms with Crippen LogP contribution < -0.4 is 10.6 Å². The van der Waals surface area contributed by atoms with Crippen LogP contribution >= 0.6 is 0 Å². The van der Waals surface area contributed by atoms with Crippen molar-refractivity contribution in [2.75, 3.05) is 39.8 Å². The summed E-state index contributed by atoms with van der Waals surface area (Å²) in [6.45, 7) is 13.0. The Morgan fingerprint density at radius 2 is 2.27 bits per heavy atom. The summed E-state index contributed by atoms with van der Waals surface area (Å²) >= 11 is 0. The minimum atomic E-state index is -0.0417. The second-order valence-corrected chi connectivity index (χ2v) is 7.21. The van der Waals surface area contributed by atoms with Crippen LogP contribution in [0.5, 0.6) is 0 Å². The fraction of sp³-hybridized carbons (Fsp3) is 0.824. The van der Waals surface area contributed by atoms with Crippen LogP contribution in [0.15, 0.2) is 12.7 Å². The van der Waals surface area contributed by atoms with Gasteiger partial charge in [0.1, 0.15) is 0 Å². The molecule has 22 heavy (non-hydrogen) atoms. The molecule has 4 unspecified atom stereocenters. The van der Waals surface area contributed by atoms with E-state index in [2.05, 4.69) is 34.1 Å². The quantitative estimate of drug-likeness (QED) is 0.701. The summed E-state index contributed by atoms with van der Waals surface area (Å²) in [6.07, 6.45) is 4.50. The predicted octanol–water partition coefficient (Wildman–Crippen LogP) is 1.52. The van der Waals surface area contributed by atoms with Gasteiger partial charge in [0.05, 0.1) is 0 Å². The number of amides is 2. The van der Waals surface area contributed by atoms with Crippen molar-refractivity contribution in [3.8, 4) is 0 Å². The van der Waals surface area contributed by atoms with Crippen LogP contribution in [0.4, 0.5) is 4.79 Å². The van der Waals surface area contributed by atoms with Crippen molar-refractivity contribution in [2.24, 2.45) is 11.8 Å². The van der Waals surface area contributed by atoms with Crippen LogP contribution in [-0.2, 0) is 0 Å². The van der Waals surface area contributed by atoms with E-state index in [1.54, 1.807) is 0 Å². The highest BCUT2D eigenvalue weighted by atomic mass is 16.2. The molecule has 126 valence electrons. The average Bonchev–Trinajstić information content (AvgIpc) is 2.45. The van der Waals surface area contributed by atoms with E-state index in [1.807, 2.05) is 19.9 Å². The van der Waals surface area contributed by atoms with Crippen molar-refractivity contribution in [2.45, 2.75) is 38.8 Å². The SMILES string of the molecule is C=CCN(C)CC1CN2CCC1CC2CNC(=O)NC(C)C.